The fraction of sp³-hybridized carbons (Fsp3) is 0.375. The maximum Gasteiger partial charge on any atom is 0.247 e. The highest BCUT2D eigenvalue weighted by atomic mass is 16.2. The Bertz CT molecular complexity index is 1070. The zero-order chi connectivity index (χ0) is 19.9. The Hall–Kier alpha value is -2.95. The minimum Gasteiger partial charge on any atom is -0.324 e. The van der Waals surface area contributed by atoms with Crippen LogP contribution in [0.4, 0.5) is 5.69 Å². The van der Waals surface area contributed by atoms with Crippen LogP contribution in [0.1, 0.15) is 13.3 Å². The summed E-state index contributed by atoms with van der Waals surface area (Å²) in [7, 11) is 0. The van der Waals surface area contributed by atoms with Gasteiger partial charge in [0.15, 0.2) is 0 Å². The van der Waals surface area contributed by atoms with E-state index >= 15 is 0 Å². The van der Waals surface area contributed by atoms with Crippen molar-refractivity contribution in [2.75, 3.05) is 5.32 Å². The van der Waals surface area contributed by atoms with Gasteiger partial charge in [0.2, 0.25) is 17.7 Å². The molecule has 5 nitrogen and oxygen atoms in total. The molecule has 3 amide bonds. The van der Waals surface area contributed by atoms with Crippen molar-refractivity contribution >= 4 is 34.2 Å². The van der Waals surface area contributed by atoms with Crippen molar-refractivity contribution in [2.24, 2.45) is 35.5 Å². The first-order valence-electron chi connectivity index (χ1n) is 10.4. The van der Waals surface area contributed by atoms with Crippen LogP contribution in [0.3, 0.4) is 0 Å². The van der Waals surface area contributed by atoms with E-state index in [2.05, 4.69) is 17.5 Å². The summed E-state index contributed by atoms with van der Waals surface area (Å²) in [6.07, 6.45) is 5.43. The molecule has 3 fully saturated rings. The van der Waals surface area contributed by atoms with Gasteiger partial charge in [0.1, 0.15) is 6.04 Å². The van der Waals surface area contributed by atoms with Gasteiger partial charge < -0.3 is 5.32 Å². The van der Waals surface area contributed by atoms with Gasteiger partial charge in [-0.3, -0.25) is 19.3 Å². The normalized spacial score (nSPS) is 34.9. The molecule has 2 aromatic rings. The number of carbonyl (C=O) groups is 3. The van der Waals surface area contributed by atoms with Crippen molar-refractivity contribution in [3.8, 4) is 0 Å². The third kappa shape index (κ3) is 2.24. The van der Waals surface area contributed by atoms with Gasteiger partial charge in [0.25, 0.3) is 0 Å². The molecule has 1 heterocycles. The summed E-state index contributed by atoms with van der Waals surface area (Å²) in [6, 6.07) is 12.7. The van der Waals surface area contributed by atoms with Crippen LogP contribution in [0.5, 0.6) is 0 Å². The van der Waals surface area contributed by atoms with Gasteiger partial charge in [-0.25, -0.2) is 0 Å². The number of likely N-dealkylation sites (tertiary alicyclic amines) is 1. The molecule has 1 N–H and O–H groups in total. The minimum absolute atomic E-state index is 0.162. The van der Waals surface area contributed by atoms with Gasteiger partial charge in [-0.1, -0.05) is 48.6 Å². The molecule has 4 aliphatic carbocycles. The number of nitrogens with zero attached hydrogens (tertiary/aromatic N) is 1. The molecule has 5 aliphatic rings. The van der Waals surface area contributed by atoms with Gasteiger partial charge in [-0.15, -0.1) is 0 Å². The molecule has 7 rings (SSSR count). The SMILES string of the molecule is CC(C(=O)Nc1cccc2ccccc12)N1C(=O)C2C3C=CC(C4CC34)C2C1=O. The maximum atomic E-state index is 13.2. The average molecular weight is 386 g/mol. The molecular formula is C24H22N2O3. The predicted octanol–water partition coefficient (Wildman–Crippen LogP) is 3.22. The van der Waals surface area contributed by atoms with Gasteiger partial charge in [0, 0.05) is 11.1 Å². The van der Waals surface area contributed by atoms with Crippen molar-refractivity contribution in [3.63, 3.8) is 0 Å². The molecule has 29 heavy (non-hydrogen) atoms. The van der Waals surface area contributed by atoms with Crippen molar-refractivity contribution in [1.29, 1.82) is 0 Å². The molecule has 7 unspecified atom stereocenters. The highest BCUT2D eigenvalue weighted by Crippen LogP contribution is 2.65. The first-order chi connectivity index (χ1) is 14.1. The molecule has 2 saturated carbocycles. The lowest BCUT2D eigenvalue weighted by atomic mass is 9.63. The molecule has 1 saturated heterocycles. The molecule has 1 aliphatic heterocycles. The fourth-order valence-electron chi connectivity index (χ4n) is 6.05. The molecular weight excluding hydrogens is 364 g/mol. The van der Waals surface area contributed by atoms with Crippen molar-refractivity contribution < 1.29 is 14.4 Å². The van der Waals surface area contributed by atoms with Crippen LogP contribution in [0.15, 0.2) is 54.6 Å². The number of allylic oxidation sites excluding steroid dienone is 2. The highest BCUT2D eigenvalue weighted by Gasteiger charge is 2.67. The number of nitrogens with one attached hydrogen (secondary N) is 1. The lowest BCUT2D eigenvalue weighted by Crippen LogP contribution is -2.46. The summed E-state index contributed by atoms with van der Waals surface area (Å²) in [5.74, 6) is 0.269. The van der Waals surface area contributed by atoms with E-state index in [1.807, 2.05) is 42.5 Å². The number of imide groups is 1. The van der Waals surface area contributed by atoms with Crippen molar-refractivity contribution in [3.05, 3.63) is 54.6 Å². The monoisotopic (exact) mass is 386 g/mol. The number of rotatable bonds is 3. The van der Waals surface area contributed by atoms with Gasteiger partial charge in [-0.05, 0) is 48.5 Å². The second kappa shape index (κ2) is 5.78. The van der Waals surface area contributed by atoms with Crippen molar-refractivity contribution in [2.45, 2.75) is 19.4 Å². The summed E-state index contributed by atoms with van der Waals surface area (Å²) < 4.78 is 0. The van der Waals surface area contributed by atoms with E-state index in [9.17, 15) is 14.4 Å². The van der Waals surface area contributed by atoms with Crippen LogP contribution >= 0.6 is 0 Å². The number of benzene rings is 2. The Morgan fingerprint density at radius 2 is 1.59 bits per heavy atom. The second-order valence-corrected chi connectivity index (χ2v) is 8.89. The zero-order valence-electron chi connectivity index (χ0n) is 16.1. The quantitative estimate of drug-likeness (QED) is 0.651. The number of anilines is 1. The van der Waals surface area contributed by atoms with Crippen molar-refractivity contribution in [1.82, 2.24) is 4.90 Å². The van der Waals surface area contributed by atoms with E-state index in [1.54, 1.807) is 6.92 Å². The van der Waals surface area contributed by atoms with Crippen LogP contribution in [0.25, 0.3) is 10.8 Å². The predicted molar refractivity (Wildman–Crippen MR) is 109 cm³/mol. The van der Waals surface area contributed by atoms with E-state index in [1.165, 1.54) is 4.90 Å². The summed E-state index contributed by atoms with van der Waals surface area (Å²) in [6.45, 7) is 1.66. The largest absolute Gasteiger partial charge is 0.324 e. The van der Waals surface area contributed by atoms with E-state index in [0.717, 1.165) is 17.2 Å². The number of carbonyl (C=O) groups excluding carboxylic acids is 3. The highest BCUT2D eigenvalue weighted by molar-refractivity contribution is 6.11. The van der Waals surface area contributed by atoms with E-state index < -0.39 is 6.04 Å². The Kier molecular flexibility index (Phi) is 3.38. The number of hydrogen-bond acceptors (Lipinski definition) is 3. The second-order valence-electron chi connectivity index (χ2n) is 8.89. The van der Waals surface area contributed by atoms with Crippen LogP contribution in [-0.4, -0.2) is 28.7 Å². The van der Waals surface area contributed by atoms with Gasteiger partial charge in [-0.2, -0.15) is 0 Å². The topological polar surface area (TPSA) is 66.5 Å². The molecule has 5 heteroatoms. The molecule has 0 aromatic heterocycles. The first kappa shape index (κ1) is 17.0. The minimum atomic E-state index is -0.824. The smallest absolute Gasteiger partial charge is 0.247 e. The molecule has 0 spiro atoms. The zero-order valence-corrected chi connectivity index (χ0v) is 16.1. The average Bonchev–Trinajstić information content (AvgIpc) is 3.51. The summed E-state index contributed by atoms with van der Waals surface area (Å²) in [5, 5.41) is 4.90. The number of hydrogen-bond donors (Lipinski definition) is 1. The van der Waals surface area contributed by atoms with Crippen LogP contribution in [0.2, 0.25) is 0 Å². The molecule has 0 radical (unpaired) electrons. The van der Waals surface area contributed by atoms with Gasteiger partial charge in [0.05, 0.1) is 11.8 Å². The number of fused-ring (bicyclic) bond motifs is 1. The third-order valence-electron chi connectivity index (χ3n) is 7.51. The Balaban J connectivity index is 1.27. The maximum absolute atomic E-state index is 13.2. The van der Waals surface area contributed by atoms with E-state index in [0.29, 0.717) is 17.5 Å². The standard InChI is InChI=1S/C24H22N2O3/c1-12(22(27)25-19-8-4-6-13-5-2-3-7-14(13)19)26-23(28)20-15-9-10-16(18-11-17(15)18)21(20)24(26)29/h2-10,12,15-18,20-21H,11H2,1H3,(H,25,27). The number of amides is 3. The Labute approximate surface area is 168 Å². The fourth-order valence-corrected chi connectivity index (χ4v) is 6.05. The molecule has 2 bridgehead atoms. The van der Waals surface area contributed by atoms with Crippen LogP contribution < -0.4 is 5.32 Å². The molecule has 146 valence electrons. The summed E-state index contributed by atoms with van der Waals surface area (Å²) >= 11 is 0. The molecule has 2 aromatic carbocycles. The van der Waals surface area contributed by atoms with Crippen LogP contribution in [-0.2, 0) is 14.4 Å². The van der Waals surface area contributed by atoms with Crippen LogP contribution in [0, 0.1) is 35.5 Å². The first-order valence-corrected chi connectivity index (χ1v) is 10.4. The van der Waals surface area contributed by atoms with E-state index in [-0.39, 0.29) is 41.4 Å². The van der Waals surface area contributed by atoms with E-state index in [4.69, 9.17) is 0 Å². The summed E-state index contributed by atoms with van der Waals surface area (Å²) in [4.78, 5) is 40.7. The summed E-state index contributed by atoms with van der Waals surface area (Å²) in [5.41, 5.74) is 0.694. The molecule has 7 atom stereocenters. The lowest BCUT2D eigenvalue weighted by molar-refractivity contribution is -0.146. The Morgan fingerprint density at radius 1 is 0.966 bits per heavy atom. The lowest BCUT2D eigenvalue weighted by Gasteiger charge is -2.37. The van der Waals surface area contributed by atoms with Gasteiger partial charge >= 0.3 is 0 Å². The Morgan fingerprint density at radius 3 is 2.28 bits per heavy atom. The third-order valence-corrected chi connectivity index (χ3v) is 7.51.